The number of anilines is 1. The number of rotatable bonds is 6. The van der Waals surface area contributed by atoms with E-state index in [-0.39, 0.29) is 41.8 Å². The van der Waals surface area contributed by atoms with E-state index in [1.54, 1.807) is 5.38 Å². The number of nitrogens with zero attached hydrogens (tertiary/aromatic N) is 1. The van der Waals surface area contributed by atoms with Crippen molar-refractivity contribution < 1.29 is 27.4 Å². The molecule has 11 heteroatoms. The highest BCUT2D eigenvalue weighted by molar-refractivity contribution is 7.09. The lowest BCUT2D eigenvalue weighted by Gasteiger charge is -2.14. The molecule has 0 aliphatic rings. The number of nitrogens with two attached hydrogens (primary N) is 1. The van der Waals surface area contributed by atoms with Crippen LogP contribution in [0.4, 0.5) is 18.9 Å². The molecular formula is C14H15ClF3N3O3S. The average molecular weight is 398 g/mol. The van der Waals surface area contributed by atoms with E-state index in [1.165, 1.54) is 36.6 Å². The summed E-state index contributed by atoms with van der Waals surface area (Å²) < 4.78 is 46.5. The zero-order valence-electron chi connectivity index (χ0n) is 12.9. The van der Waals surface area contributed by atoms with Crippen LogP contribution in [-0.4, -0.2) is 30.8 Å². The molecule has 1 amide bonds. The van der Waals surface area contributed by atoms with Gasteiger partial charge in [-0.25, -0.2) is 4.98 Å². The Bertz CT molecular complexity index is 725. The molecule has 2 rings (SSSR count). The van der Waals surface area contributed by atoms with Gasteiger partial charge in [0, 0.05) is 23.7 Å². The maximum absolute atomic E-state index is 12.3. The molecule has 0 saturated carbocycles. The summed E-state index contributed by atoms with van der Waals surface area (Å²) in [6, 6.07) is 4.12. The van der Waals surface area contributed by atoms with Crippen molar-refractivity contribution >= 4 is 35.3 Å². The molecule has 0 aliphatic carbocycles. The molecule has 0 spiro atoms. The second-order valence-electron chi connectivity index (χ2n) is 4.55. The number of hydrogen-bond acceptors (Lipinski definition) is 6. The minimum atomic E-state index is -4.48. The Balaban J connectivity index is 0.00000312. The number of methoxy groups -OCH3 is 1. The van der Waals surface area contributed by atoms with E-state index in [1.807, 2.05) is 0 Å². The molecular weight excluding hydrogens is 383 g/mol. The van der Waals surface area contributed by atoms with Crippen LogP contribution in [0.15, 0.2) is 23.6 Å². The molecule has 6 nitrogen and oxygen atoms in total. The van der Waals surface area contributed by atoms with Crippen molar-refractivity contribution in [3.05, 3.63) is 34.3 Å². The van der Waals surface area contributed by atoms with Crippen molar-refractivity contribution in [1.29, 1.82) is 0 Å². The zero-order chi connectivity index (χ0) is 17.7. The van der Waals surface area contributed by atoms with E-state index < -0.39 is 18.7 Å². The van der Waals surface area contributed by atoms with Gasteiger partial charge in [0.15, 0.2) is 18.1 Å². The Labute approximate surface area is 151 Å². The Morgan fingerprint density at radius 1 is 1.36 bits per heavy atom. The third-order valence-corrected chi connectivity index (χ3v) is 3.64. The first-order valence-corrected chi connectivity index (χ1v) is 7.53. The summed E-state index contributed by atoms with van der Waals surface area (Å²) in [5.41, 5.74) is 5.86. The van der Waals surface area contributed by atoms with Crippen molar-refractivity contribution in [3.8, 4) is 11.5 Å². The number of carbonyl (C=O) groups is 1. The van der Waals surface area contributed by atoms with Crippen LogP contribution in [0.1, 0.15) is 15.5 Å². The Hall–Kier alpha value is -2.04. The van der Waals surface area contributed by atoms with Crippen LogP contribution in [-0.2, 0) is 6.54 Å². The number of alkyl halides is 3. The molecule has 1 aromatic heterocycles. The number of ether oxygens (including phenoxy) is 2. The van der Waals surface area contributed by atoms with Gasteiger partial charge < -0.3 is 20.5 Å². The molecule has 1 aromatic carbocycles. The lowest BCUT2D eigenvalue weighted by Crippen LogP contribution is -2.19. The highest BCUT2D eigenvalue weighted by atomic mass is 35.5. The minimum Gasteiger partial charge on any atom is -0.493 e. The minimum absolute atomic E-state index is 0. The highest BCUT2D eigenvalue weighted by Crippen LogP contribution is 2.31. The van der Waals surface area contributed by atoms with Gasteiger partial charge in [-0.05, 0) is 12.1 Å². The number of amides is 1. The monoisotopic (exact) mass is 397 g/mol. The van der Waals surface area contributed by atoms with E-state index in [9.17, 15) is 18.0 Å². The molecule has 0 fully saturated rings. The van der Waals surface area contributed by atoms with Crippen LogP contribution in [0.25, 0.3) is 0 Å². The molecule has 0 atom stereocenters. The number of aromatic nitrogens is 1. The van der Waals surface area contributed by atoms with Crippen molar-refractivity contribution in [2.45, 2.75) is 12.7 Å². The maximum atomic E-state index is 12.3. The second-order valence-corrected chi connectivity index (χ2v) is 5.50. The van der Waals surface area contributed by atoms with Gasteiger partial charge in [0.2, 0.25) is 0 Å². The van der Waals surface area contributed by atoms with Gasteiger partial charge in [-0.3, -0.25) is 4.79 Å². The number of hydrogen-bond donors (Lipinski definition) is 2. The van der Waals surface area contributed by atoms with Gasteiger partial charge in [-0.15, -0.1) is 23.7 Å². The molecule has 0 bridgehead atoms. The van der Waals surface area contributed by atoms with E-state index >= 15 is 0 Å². The highest BCUT2D eigenvalue weighted by Gasteiger charge is 2.29. The zero-order valence-corrected chi connectivity index (χ0v) is 14.6. The van der Waals surface area contributed by atoms with Crippen LogP contribution in [0.5, 0.6) is 11.5 Å². The summed E-state index contributed by atoms with van der Waals surface area (Å²) in [4.78, 5) is 16.1. The molecule has 25 heavy (non-hydrogen) atoms. The van der Waals surface area contributed by atoms with Crippen molar-refractivity contribution in [2.75, 3.05) is 19.0 Å². The van der Waals surface area contributed by atoms with Gasteiger partial charge in [-0.1, -0.05) is 0 Å². The fraction of sp³-hybridized carbons (Fsp3) is 0.286. The number of nitrogens with one attached hydrogen (secondary N) is 1. The van der Waals surface area contributed by atoms with Crippen LogP contribution in [0.2, 0.25) is 0 Å². The van der Waals surface area contributed by atoms with Crippen molar-refractivity contribution in [3.63, 3.8) is 0 Å². The molecule has 0 unspecified atom stereocenters. The SMILES string of the molecule is COc1ccc(NC(=O)c2csc(CN)n2)cc1OCC(F)(F)F.Cl. The van der Waals surface area contributed by atoms with Crippen LogP contribution < -0.4 is 20.5 Å². The van der Waals surface area contributed by atoms with Crippen LogP contribution in [0.3, 0.4) is 0 Å². The van der Waals surface area contributed by atoms with E-state index in [0.29, 0.717) is 5.01 Å². The fourth-order valence-electron chi connectivity index (χ4n) is 1.73. The third kappa shape index (κ3) is 6.07. The van der Waals surface area contributed by atoms with Gasteiger partial charge in [0.25, 0.3) is 5.91 Å². The summed E-state index contributed by atoms with van der Waals surface area (Å²) in [7, 11) is 1.30. The van der Waals surface area contributed by atoms with Crippen molar-refractivity contribution in [2.24, 2.45) is 5.73 Å². The largest absolute Gasteiger partial charge is 0.493 e. The second kappa shape index (κ2) is 8.88. The van der Waals surface area contributed by atoms with Crippen LogP contribution >= 0.6 is 23.7 Å². The first-order valence-electron chi connectivity index (χ1n) is 6.66. The van der Waals surface area contributed by atoms with Gasteiger partial charge in [-0.2, -0.15) is 13.2 Å². The molecule has 0 radical (unpaired) electrons. The Morgan fingerprint density at radius 2 is 2.08 bits per heavy atom. The molecule has 2 aromatic rings. The molecule has 0 saturated heterocycles. The average Bonchev–Trinajstić information content (AvgIpc) is 3.01. The molecule has 0 aliphatic heterocycles. The van der Waals surface area contributed by atoms with Crippen LogP contribution in [0, 0.1) is 0 Å². The quantitative estimate of drug-likeness (QED) is 0.781. The normalized spacial score (nSPS) is 10.8. The van der Waals surface area contributed by atoms with Gasteiger partial charge in [0.05, 0.1) is 7.11 Å². The van der Waals surface area contributed by atoms with Gasteiger partial charge >= 0.3 is 6.18 Å². The number of halogens is 4. The predicted octanol–water partition coefficient (Wildman–Crippen LogP) is 3.23. The van der Waals surface area contributed by atoms with Gasteiger partial charge in [0.1, 0.15) is 10.7 Å². The number of carbonyl (C=O) groups excluding carboxylic acids is 1. The number of benzene rings is 1. The number of thiazole rings is 1. The first kappa shape index (κ1) is 21.0. The summed E-state index contributed by atoms with van der Waals surface area (Å²) in [5.74, 6) is -0.511. The smallest absolute Gasteiger partial charge is 0.422 e. The first-order chi connectivity index (χ1) is 11.3. The summed E-state index contributed by atoms with van der Waals surface area (Å²) in [6.07, 6.45) is -4.48. The maximum Gasteiger partial charge on any atom is 0.422 e. The lowest BCUT2D eigenvalue weighted by molar-refractivity contribution is -0.153. The van der Waals surface area contributed by atoms with E-state index in [4.69, 9.17) is 15.2 Å². The van der Waals surface area contributed by atoms with E-state index in [0.717, 1.165) is 0 Å². The topological polar surface area (TPSA) is 86.5 Å². The standard InChI is InChI=1S/C14H14F3N3O3S.ClH/c1-22-10-3-2-8(4-11(10)23-7-14(15,16)17)19-13(21)9-6-24-12(5-18)20-9;/h2-4,6H,5,7,18H2,1H3,(H,19,21);1H. The summed E-state index contributed by atoms with van der Waals surface area (Å²) >= 11 is 1.24. The van der Waals surface area contributed by atoms with E-state index in [2.05, 4.69) is 10.3 Å². The van der Waals surface area contributed by atoms with Crippen molar-refractivity contribution in [1.82, 2.24) is 4.98 Å². The third-order valence-electron chi connectivity index (χ3n) is 2.77. The lowest BCUT2D eigenvalue weighted by atomic mass is 10.2. The fourth-order valence-corrected chi connectivity index (χ4v) is 2.39. The predicted molar refractivity (Wildman–Crippen MR) is 89.8 cm³/mol. The Morgan fingerprint density at radius 3 is 2.64 bits per heavy atom. The molecule has 1 heterocycles. The Kier molecular flexibility index (Phi) is 7.46. The molecule has 3 N–H and O–H groups in total. The molecule has 138 valence electrons. The summed E-state index contributed by atoms with van der Waals surface area (Å²) in [5, 5.41) is 4.68. The summed E-state index contributed by atoms with van der Waals surface area (Å²) in [6.45, 7) is -1.25.